The molecule has 0 aromatic heterocycles. The molecule has 102 valence electrons. The highest BCUT2D eigenvalue weighted by Gasteiger charge is 2.18. The van der Waals surface area contributed by atoms with E-state index in [0.29, 0.717) is 0 Å². The molecule has 0 fully saturated rings. The molecule has 2 heteroatoms. The SMILES string of the molecule is CCc1ccc(C(=O)c2cccc3c2CCCN3)cc1. The van der Waals surface area contributed by atoms with Crippen molar-refractivity contribution in [1.82, 2.24) is 0 Å². The molecule has 0 spiro atoms. The van der Waals surface area contributed by atoms with Crippen LogP contribution in [-0.2, 0) is 12.8 Å². The summed E-state index contributed by atoms with van der Waals surface area (Å²) in [5.41, 5.74) is 5.18. The number of anilines is 1. The Labute approximate surface area is 119 Å². The molecule has 0 unspecified atom stereocenters. The van der Waals surface area contributed by atoms with Gasteiger partial charge in [0.2, 0.25) is 0 Å². The van der Waals surface area contributed by atoms with Crippen LogP contribution < -0.4 is 5.32 Å². The summed E-state index contributed by atoms with van der Waals surface area (Å²) in [7, 11) is 0. The number of aryl methyl sites for hydroxylation is 1. The van der Waals surface area contributed by atoms with Crippen molar-refractivity contribution >= 4 is 11.5 Å². The fourth-order valence-corrected chi connectivity index (χ4v) is 2.77. The van der Waals surface area contributed by atoms with Gasteiger partial charge in [-0.3, -0.25) is 4.79 Å². The second kappa shape index (κ2) is 5.49. The highest BCUT2D eigenvalue weighted by Crippen LogP contribution is 2.27. The largest absolute Gasteiger partial charge is 0.385 e. The van der Waals surface area contributed by atoms with Gasteiger partial charge in [-0.05, 0) is 36.5 Å². The third kappa shape index (κ3) is 2.34. The van der Waals surface area contributed by atoms with E-state index in [1.807, 2.05) is 36.4 Å². The number of ketones is 1. The van der Waals surface area contributed by atoms with Crippen molar-refractivity contribution in [1.29, 1.82) is 0 Å². The predicted octanol–water partition coefficient (Wildman–Crippen LogP) is 3.84. The molecule has 1 aliphatic heterocycles. The minimum absolute atomic E-state index is 0.133. The Morgan fingerprint density at radius 2 is 1.95 bits per heavy atom. The van der Waals surface area contributed by atoms with Gasteiger partial charge in [-0.1, -0.05) is 43.3 Å². The Kier molecular flexibility index (Phi) is 3.55. The summed E-state index contributed by atoms with van der Waals surface area (Å²) in [5.74, 6) is 0.133. The van der Waals surface area contributed by atoms with Gasteiger partial charge in [0.05, 0.1) is 0 Å². The lowest BCUT2D eigenvalue weighted by Gasteiger charge is -2.20. The molecule has 1 aliphatic rings. The van der Waals surface area contributed by atoms with Crippen LogP contribution in [0.25, 0.3) is 0 Å². The Morgan fingerprint density at radius 3 is 2.70 bits per heavy atom. The van der Waals surface area contributed by atoms with Crippen LogP contribution in [0.3, 0.4) is 0 Å². The van der Waals surface area contributed by atoms with E-state index >= 15 is 0 Å². The van der Waals surface area contributed by atoms with Crippen molar-refractivity contribution in [3.8, 4) is 0 Å². The minimum atomic E-state index is 0.133. The van der Waals surface area contributed by atoms with Gasteiger partial charge in [-0.2, -0.15) is 0 Å². The summed E-state index contributed by atoms with van der Waals surface area (Å²) in [5, 5.41) is 3.38. The maximum absolute atomic E-state index is 12.7. The average molecular weight is 265 g/mol. The first-order valence-corrected chi connectivity index (χ1v) is 7.29. The van der Waals surface area contributed by atoms with Gasteiger partial charge in [0.15, 0.2) is 5.78 Å². The number of hydrogen-bond donors (Lipinski definition) is 1. The molecule has 1 heterocycles. The minimum Gasteiger partial charge on any atom is -0.385 e. The molecule has 0 aliphatic carbocycles. The van der Waals surface area contributed by atoms with Crippen LogP contribution in [0.1, 0.15) is 40.4 Å². The molecule has 3 rings (SSSR count). The lowest BCUT2D eigenvalue weighted by molar-refractivity contribution is 0.103. The molecule has 2 nitrogen and oxygen atoms in total. The first-order chi connectivity index (χ1) is 9.79. The van der Waals surface area contributed by atoms with Crippen molar-refractivity contribution < 1.29 is 4.79 Å². The fourth-order valence-electron chi connectivity index (χ4n) is 2.77. The van der Waals surface area contributed by atoms with E-state index in [9.17, 15) is 4.79 Å². The summed E-state index contributed by atoms with van der Waals surface area (Å²) in [6, 6.07) is 13.9. The van der Waals surface area contributed by atoms with Crippen LogP contribution in [0.5, 0.6) is 0 Å². The quantitative estimate of drug-likeness (QED) is 0.854. The van der Waals surface area contributed by atoms with E-state index in [4.69, 9.17) is 0 Å². The highest BCUT2D eigenvalue weighted by atomic mass is 16.1. The summed E-state index contributed by atoms with van der Waals surface area (Å²) < 4.78 is 0. The highest BCUT2D eigenvalue weighted by molar-refractivity contribution is 6.10. The number of nitrogens with one attached hydrogen (secondary N) is 1. The third-order valence-electron chi connectivity index (χ3n) is 3.96. The van der Waals surface area contributed by atoms with Gasteiger partial charge in [-0.25, -0.2) is 0 Å². The molecule has 2 aromatic carbocycles. The first-order valence-electron chi connectivity index (χ1n) is 7.29. The monoisotopic (exact) mass is 265 g/mol. The van der Waals surface area contributed by atoms with Crippen molar-refractivity contribution in [2.45, 2.75) is 26.2 Å². The lowest BCUT2D eigenvalue weighted by atomic mass is 9.92. The van der Waals surface area contributed by atoms with E-state index in [0.717, 1.165) is 42.6 Å². The van der Waals surface area contributed by atoms with Crippen LogP contribution in [0.2, 0.25) is 0 Å². The Morgan fingerprint density at radius 1 is 1.15 bits per heavy atom. The lowest BCUT2D eigenvalue weighted by Crippen LogP contribution is -2.16. The molecule has 1 N–H and O–H groups in total. The number of rotatable bonds is 3. The summed E-state index contributed by atoms with van der Waals surface area (Å²) >= 11 is 0. The normalized spacial score (nSPS) is 13.4. The molecule has 0 atom stereocenters. The fraction of sp³-hybridized carbons (Fsp3) is 0.278. The zero-order chi connectivity index (χ0) is 13.9. The van der Waals surface area contributed by atoms with E-state index in [1.165, 1.54) is 11.1 Å². The van der Waals surface area contributed by atoms with Crippen LogP contribution >= 0.6 is 0 Å². The Balaban J connectivity index is 1.97. The zero-order valence-corrected chi connectivity index (χ0v) is 11.8. The molecule has 0 bridgehead atoms. The van der Waals surface area contributed by atoms with E-state index in [2.05, 4.69) is 18.3 Å². The molecule has 0 amide bonds. The molecule has 0 saturated heterocycles. The number of hydrogen-bond acceptors (Lipinski definition) is 2. The second-order valence-corrected chi connectivity index (χ2v) is 5.24. The molecule has 20 heavy (non-hydrogen) atoms. The van der Waals surface area contributed by atoms with Gasteiger partial charge >= 0.3 is 0 Å². The van der Waals surface area contributed by atoms with Crippen molar-refractivity contribution in [2.24, 2.45) is 0 Å². The van der Waals surface area contributed by atoms with Gasteiger partial charge in [0.1, 0.15) is 0 Å². The summed E-state index contributed by atoms with van der Waals surface area (Å²) in [4.78, 5) is 12.7. The maximum Gasteiger partial charge on any atom is 0.193 e. The van der Waals surface area contributed by atoms with Crippen LogP contribution in [0, 0.1) is 0 Å². The molecule has 2 aromatic rings. The van der Waals surface area contributed by atoms with Gasteiger partial charge in [0, 0.05) is 23.4 Å². The van der Waals surface area contributed by atoms with Gasteiger partial charge in [0.25, 0.3) is 0 Å². The Hall–Kier alpha value is -2.09. The van der Waals surface area contributed by atoms with Crippen molar-refractivity contribution in [3.63, 3.8) is 0 Å². The van der Waals surface area contributed by atoms with Crippen LogP contribution in [0.15, 0.2) is 42.5 Å². The van der Waals surface area contributed by atoms with E-state index < -0.39 is 0 Å². The average Bonchev–Trinajstić information content (AvgIpc) is 2.54. The molecule has 0 saturated carbocycles. The number of carbonyl (C=O) groups excluding carboxylic acids is 1. The number of benzene rings is 2. The van der Waals surface area contributed by atoms with Crippen molar-refractivity contribution in [2.75, 3.05) is 11.9 Å². The topological polar surface area (TPSA) is 29.1 Å². The first kappa shape index (κ1) is 12.9. The number of fused-ring (bicyclic) bond motifs is 1. The second-order valence-electron chi connectivity index (χ2n) is 5.24. The molecule has 0 radical (unpaired) electrons. The molecular weight excluding hydrogens is 246 g/mol. The Bertz CT molecular complexity index is 628. The standard InChI is InChI=1S/C18H19NO/c1-2-13-8-10-14(11-9-13)18(20)16-5-3-7-17-15(16)6-4-12-19-17/h3,5,7-11,19H,2,4,6,12H2,1H3. The van der Waals surface area contributed by atoms with E-state index in [1.54, 1.807) is 0 Å². The van der Waals surface area contributed by atoms with Gasteiger partial charge < -0.3 is 5.32 Å². The zero-order valence-electron chi connectivity index (χ0n) is 11.8. The van der Waals surface area contributed by atoms with Crippen molar-refractivity contribution in [3.05, 3.63) is 64.7 Å². The van der Waals surface area contributed by atoms with E-state index in [-0.39, 0.29) is 5.78 Å². The van der Waals surface area contributed by atoms with Crippen LogP contribution in [-0.4, -0.2) is 12.3 Å². The molecular formula is C18H19NO. The maximum atomic E-state index is 12.7. The third-order valence-corrected chi connectivity index (χ3v) is 3.96. The van der Waals surface area contributed by atoms with Crippen LogP contribution in [0.4, 0.5) is 5.69 Å². The van der Waals surface area contributed by atoms with Gasteiger partial charge in [-0.15, -0.1) is 0 Å². The summed E-state index contributed by atoms with van der Waals surface area (Å²) in [6.45, 7) is 3.12. The number of carbonyl (C=O) groups is 1. The predicted molar refractivity (Wildman–Crippen MR) is 82.5 cm³/mol. The smallest absolute Gasteiger partial charge is 0.193 e. The summed E-state index contributed by atoms with van der Waals surface area (Å²) in [6.07, 6.45) is 3.07.